The molecule has 2 rings (SSSR count). The van der Waals surface area contributed by atoms with Crippen molar-refractivity contribution in [3.63, 3.8) is 0 Å². The molecule has 0 aliphatic rings. The molecule has 3 nitrogen and oxygen atoms in total. The molecule has 0 unspecified atom stereocenters. The molecule has 0 radical (unpaired) electrons. The minimum Gasteiger partial charge on any atom is -0.288 e. The highest BCUT2D eigenvalue weighted by atomic mass is 127. The van der Waals surface area contributed by atoms with Gasteiger partial charge in [0, 0.05) is 21.5 Å². The second kappa shape index (κ2) is 4.65. The zero-order chi connectivity index (χ0) is 11.5. The van der Waals surface area contributed by atoms with E-state index in [0.29, 0.717) is 14.7 Å². The van der Waals surface area contributed by atoms with Crippen LogP contribution in [0.4, 0.5) is 4.39 Å². The summed E-state index contributed by atoms with van der Waals surface area (Å²) in [6.07, 6.45) is 4.23. The quantitative estimate of drug-likeness (QED) is 0.628. The fourth-order valence-corrected chi connectivity index (χ4v) is 1.97. The van der Waals surface area contributed by atoms with Crippen LogP contribution in [0.25, 0.3) is 0 Å². The lowest BCUT2D eigenvalue weighted by Gasteiger charge is -2.02. The Kier molecular flexibility index (Phi) is 3.23. The first-order chi connectivity index (χ1) is 7.68. The molecule has 1 heterocycles. The number of aromatic nitrogens is 2. The van der Waals surface area contributed by atoms with Crippen LogP contribution in [0.1, 0.15) is 15.9 Å². The molecule has 2 aromatic rings. The number of benzene rings is 1. The Morgan fingerprint density at radius 1 is 1.25 bits per heavy atom. The maximum atomic E-state index is 12.9. The summed E-state index contributed by atoms with van der Waals surface area (Å²) in [4.78, 5) is 19.5. The second-order valence-corrected chi connectivity index (χ2v) is 4.24. The first kappa shape index (κ1) is 11.1. The molecule has 0 spiro atoms. The normalized spacial score (nSPS) is 10.1. The highest BCUT2D eigenvalue weighted by molar-refractivity contribution is 14.1. The predicted molar refractivity (Wildman–Crippen MR) is 64.6 cm³/mol. The van der Waals surface area contributed by atoms with Gasteiger partial charge < -0.3 is 0 Å². The summed E-state index contributed by atoms with van der Waals surface area (Å²) in [5.41, 5.74) is 0.851. The molecule has 0 N–H and O–H groups in total. The Hall–Kier alpha value is -1.37. The average Bonchev–Trinajstić information content (AvgIpc) is 2.29. The molecule has 0 fully saturated rings. The molecule has 16 heavy (non-hydrogen) atoms. The maximum Gasteiger partial charge on any atom is 0.197 e. The number of hydrogen-bond acceptors (Lipinski definition) is 3. The van der Waals surface area contributed by atoms with Crippen molar-refractivity contribution in [2.45, 2.75) is 0 Å². The number of carbonyl (C=O) groups is 1. The average molecular weight is 328 g/mol. The minimum absolute atomic E-state index is 0.204. The monoisotopic (exact) mass is 328 g/mol. The lowest BCUT2D eigenvalue weighted by atomic mass is 10.1. The van der Waals surface area contributed by atoms with Crippen LogP contribution in [0, 0.1) is 9.39 Å². The topological polar surface area (TPSA) is 42.9 Å². The van der Waals surface area contributed by atoms with Gasteiger partial charge >= 0.3 is 0 Å². The summed E-state index contributed by atoms with van der Waals surface area (Å²) < 4.78 is 13.4. The fraction of sp³-hybridized carbons (Fsp3) is 0. The lowest BCUT2D eigenvalue weighted by Crippen LogP contribution is -2.04. The van der Waals surface area contributed by atoms with E-state index >= 15 is 0 Å². The van der Waals surface area contributed by atoms with Crippen LogP contribution in [-0.4, -0.2) is 15.8 Å². The minimum atomic E-state index is -0.356. The number of carbonyl (C=O) groups excluding carboxylic acids is 1. The van der Waals surface area contributed by atoms with Gasteiger partial charge in [0.1, 0.15) is 12.1 Å². The van der Waals surface area contributed by atoms with E-state index in [0.717, 1.165) is 0 Å². The van der Waals surface area contributed by atoms with E-state index in [4.69, 9.17) is 0 Å². The molecule has 0 bridgehead atoms. The second-order valence-electron chi connectivity index (χ2n) is 3.08. The van der Waals surface area contributed by atoms with Crippen molar-refractivity contribution in [2.75, 3.05) is 0 Å². The highest BCUT2D eigenvalue weighted by Gasteiger charge is 2.13. The van der Waals surface area contributed by atoms with Gasteiger partial charge in [0.2, 0.25) is 0 Å². The summed E-state index contributed by atoms with van der Waals surface area (Å²) in [7, 11) is 0. The van der Waals surface area contributed by atoms with Crippen molar-refractivity contribution >= 4 is 28.4 Å². The molecule has 1 aromatic carbocycles. The molecule has 0 aliphatic carbocycles. The summed E-state index contributed by atoms with van der Waals surface area (Å²) >= 11 is 1.93. The Labute approximate surface area is 105 Å². The predicted octanol–water partition coefficient (Wildman–Crippen LogP) is 2.45. The van der Waals surface area contributed by atoms with E-state index in [1.165, 1.54) is 36.9 Å². The lowest BCUT2D eigenvalue weighted by molar-refractivity contribution is 0.103. The Morgan fingerprint density at radius 2 is 1.94 bits per heavy atom. The van der Waals surface area contributed by atoms with E-state index in [2.05, 4.69) is 9.97 Å². The van der Waals surface area contributed by atoms with Crippen LogP contribution in [-0.2, 0) is 0 Å². The van der Waals surface area contributed by atoms with Gasteiger partial charge in [-0.15, -0.1) is 0 Å². The van der Waals surface area contributed by atoms with Crippen LogP contribution in [0.2, 0.25) is 0 Å². The number of hydrogen-bond donors (Lipinski definition) is 0. The van der Waals surface area contributed by atoms with Gasteiger partial charge in [0.15, 0.2) is 5.78 Å². The van der Waals surface area contributed by atoms with E-state index in [1.807, 2.05) is 22.6 Å². The van der Waals surface area contributed by atoms with Gasteiger partial charge in [-0.2, -0.15) is 0 Å². The Bertz CT molecular complexity index is 531. The molecule has 0 atom stereocenters. The zero-order valence-corrected chi connectivity index (χ0v) is 10.2. The van der Waals surface area contributed by atoms with Crippen molar-refractivity contribution in [2.24, 2.45) is 0 Å². The van der Waals surface area contributed by atoms with Crippen molar-refractivity contribution in [1.29, 1.82) is 0 Å². The van der Waals surface area contributed by atoms with E-state index in [9.17, 15) is 9.18 Å². The van der Waals surface area contributed by atoms with Crippen molar-refractivity contribution in [3.8, 4) is 0 Å². The van der Waals surface area contributed by atoms with Crippen LogP contribution in [0.5, 0.6) is 0 Å². The SMILES string of the molecule is O=C(c1cncnc1)c1ccc(F)cc1I. The molecular formula is C11H6FIN2O. The third kappa shape index (κ3) is 2.24. The number of nitrogens with zero attached hydrogens (tertiary/aromatic N) is 2. The number of rotatable bonds is 2. The van der Waals surface area contributed by atoms with E-state index in [1.54, 1.807) is 0 Å². The largest absolute Gasteiger partial charge is 0.288 e. The Balaban J connectivity index is 2.42. The molecule has 0 aliphatic heterocycles. The van der Waals surface area contributed by atoms with Crippen LogP contribution in [0.3, 0.4) is 0 Å². The maximum absolute atomic E-state index is 12.9. The van der Waals surface area contributed by atoms with Crippen molar-refractivity contribution < 1.29 is 9.18 Å². The highest BCUT2D eigenvalue weighted by Crippen LogP contribution is 2.17. The first-order valence-electron chi connectivity index (χ1n) is 4.43. The first-order valence-corrected chi connectivity index (χ1v) is 5.51. The zero-order valence-electron chi connectivity index (χ0n) is 8.02. The Morgan fingerprint density at radius 3 is 2.56 bits per heavy atom. The molecule has 5 heteroatoms. The summed E-state index contributed by atoms with van der Waals surface area (Å²) in [6, 6.07) is 4.04. The summed E-state index contributed by atoms with van der Waals surface area (Å²) in [5, 5.41) is 0. The number of ketones is 1. The van der Waals surface area contributed by atoms with Gasteiger partial charge in [0.05, 0.1) is 5.56 Å². The molecular weight excluding hydrogens is 322 g/mol. The molecule has 0 saturated carbocycles. The third-order valence-electron chi connectivity index (χ3n) is 2.00. The molecule has 0 saturated heterocycles. The van der Waals surface area contributed by atoms with Gasteiger partial charge in [-0.05, 0) is 40.8 Å². The van der Waals surface area contributed by atoms with Crippen molar-refractivity contribution in [3.05, 3.63) is 57.4 Å². The van der Waals surface area contributed by atoms with Gasteiger partial charge in [0.25, 0.3) is 0 Å². The van der Waals surface area contributed by atoms with E-state index < -0.39 is 0 Å². The van der Waals surface area contributed by atoms with E-state index in [-0.39, 0.29) is 11.6 Å². The molecule has 80 valence electrons. The summed E-state index contributed by atoms with van der Waals surface area (Å²) in [5.74, 6) is -0.560. The van der Waals surface area contributed by atoms with Crippen LogP contribution < -0.4 is 0 Å². The standard InChI is InChI=1S/C11H6FIN2O/c12-8-1-2-9(10(13)3-8)11(16)7-4-14-6-15-5-7/h1-6H. The fourth-order valence-electron chi connectivity index (χ4n) is 1.25. The van der Waals surface area contributed by atoms with Crippen molar-refractivity contribution in [1.82, 2.24) is 9.97 Å². The van der Waals surface area contributed by atoms with Crippen LogP contribution >= 0.6 is 22.6 Å². The van der Waals surface area contributed by atoms with Crippen LogP contribution in [0.15, 0.2) is 36.9 Å². The van der Waals surface area contributed by atoms with Gasteiger partial charge in [-0.25, -0.2) is 14.4 Å². The number of halogens is 2. The van der Waals surface area contributed by atoms with Gasteiger partial charge in [-0.3, -0.25) is 4.79 Å². The molecule has 1 aromatic heterocycles. The summed E-state index contributed by atoms with van der Waals surface area (Å²) in [6.45, 7) is 0. The smallest absolute Gasteiger partial charge is 0.197 e. The third-order valence-corrected chi connectivity index (χ3v) is 2.89. The van der Waals surface area contributed by atoms with Gasteiger partial charge in [-0.1, -0.05) is 0 Å². The molecule has 0 amide bonds.